The van der Waals surface area contributed by atoms with Gasteiger partial charge in [-0.15, -0.1) is 21.5 Å². The molecule has 2 aromatic heterocycles. The lowest BCUT2D eigenvalue weighted by atomic mass is 10.3. The summed E-state index contributed by atoms with van der Waals surface area (Å²) in [4.78, 5) is 13.1. The molecule has 1 amide bonds. The maximum Gasteiger partial charge on any atom is 0.387 e. The number of nitrogens with zero attached hydrogens (tertiary/aromatic N) is 3. The van der Waals surface area contributed by atoms with E-state index in [9.17, 15) is 13.6 Å². The minimum Gasteiger partial charge on any atom is -0.433 e. The number of anilines is 1. The highest BCUT2D eigenvalue weighted by Crippen LogP contribution is 2.30. The van der Waals surface area contributed by atoms with Crippen molar-refractivity contribution in [2.75, 3.05) is 11.1 Å². The first-order chi connectivity index (χ1) is 12.9. The Balaban J connectivity index is 1.63. The summed E-state index contributed by atoms with van der Waals surface area (Å²) in [5.74, 6) is 0.288. The highest BCUT2D eigenvalue weighted by Gasteiger charge is 2.16. The number of ether oxygens (including phenoxy) is 1. The summed E-state index contributed by atoms with van der Waals surface area (Å²) < 4.78 is 32.0. The number of hydrogen-bond acceptors (Lipinski definition) is 6. The molecule has 27 heavy (non-hydrogen) atoms. The van der Waals surface area contributed by atoms with Gasteiger partial charge in [-0.2, -0.15) is 8.78 Å². The Morgan fingerprint density at radius 1 is 1.41 bits per heavy atom. The second-order valence-corrected chi connectivity index (χ2v) is 7.98. The molecule has 0 aliphatic heterocycles. The fraction of sp³-hybridized carbons (Fsp3) is 0.188. The van der Waals surface area contributed by atoms with Crippen molar-refractivity contribution >= 4 is 50.6 Å². The van der Waals surface area contributed by atoms with Crippen molar-refractivity contribution in [3.8, 4) is 16.5 Å². The number of benzene rings is 1. The van der Waals surface area contributed by atoms with Crippen LogP contribution in [0.2, 0.25) is 0 Å². The Morgan fingerprint density at radius 2 is 2.19 bits per heavy atom. The highest BCUT2D eigenvalue weighted by atomic mass is 79.9. The summed E-state index contributed by atoms with van der Waals surface area (Å²) >= 11 is 6.13. The number of carbonyl (C=O) groups is 1. The van der Waals surface area contributed by atoms with E-state index in [0.29, 0.717) is 11.0 Å². The summed E-state index contributed by atoms with van der Waals surface area (Å²) in [5.41, 5.74) is 0.186. The lowest BCUT2D eigenvalue weighted by Crippen LogP contribution is -2.16. The first-order valence-electron chi connectivity index (χ1n) is 7.54. The van der Waals surface area contributed by atoms with Crippen molar-refractivity contribution in [1.82, 2.24) is 14.8 Å². The third kappa shape index (κ3) is 5.05. The van der Waals surface area contributed by atoms with Crippen molar-refractivity contribution in [3.05, 3.63) is 40.2 Å². The zero-order valence-corrected chi connectivity index (χ0v) is 17.1. The van der Waals surface area contributed by atoms with E-state index in [2.05, 4.69) is 36.2 Å². The standard InChI is InChI=1S/C16H13BrF2N4O2S2/c1-23-14(12-6-9(17)7-26-12)21-22-16(23)27-8-13(24)20-10-4-2-3-5-11(10)25-15(18)19/h2-7,15H,8H2,1H3,(H,20,24). The van der Waals surface area contributed by atoms with Crippen LogP contribution in [0.4, 0.5) is 14.5 Å². The van der Waals surface area contributed by atoms with Gasteiger partial charge >= 0.3 is 6.61 Å². The topological polar surface area (TPSA) is 69.0 Å². The predicted octanol–water partition coefficient (Wildman–Crippen LogP) is 4.64. The van der Waals surface area contributed by atoms with Crippen molar-refractivity contribution in [1.29, 1.82) is 0 Å². The zero-order chi connectivity index (χ0) is 19.4. The normalized spacial score (nSPS) is 11.0. The van der Waals surface area contributed by atoms with Crippen LogP contribution in [0, 0.1) is 0 Å². The molecule has 2 heterocycles. The molecule has 0 radical (unpaired) electrons. The van der Waals surface area contributed by atoms with E-state index in [1.807, 2.05) is 18.5 Å². The van der Waals surface area contributed by atoms with Gasteiger partial charge in [0.2, 0.25) is 5.91 Å². The quantitative estimate of drug-likeness (QED) is 0.505. The molecule has 0 atom stereocenters. The Labute approximate surface area is 170 Å². The van der Waals surface area contributed by atoms with Crippen LogP contribution in [0.1, 0.15) is 0 Å². The number of halogens is 3. The number of aromatic nitrogens is 3. The van der Waals surface area contributed by atoms with Crippen LogP contribution >= 0.6 is 39.0 Å². The van der Waals surface area contributed by atoms with Gasteiger partial charge in [0.05, 0.1) is 16.3 Å². The average Bonchev–Trinajstić information content (AvgIpc) is 3.20. The summed E-state index contributed by atoms with van der Waals surface area (Å²) in [6.45, 7) is -2.97. The summed E-state index contributed by atoms with van der Waals surface area (Å²) in [6, 6.07) is 7.97. The first kappa shape index (κ1) is 19.8. The van der Waals surface area contributed by atoms with Crippen molar-refractivity contribution < 1.29 is 18.3 Å². The van der Waals surface area contributed by atoms with E-state index >= 15 is 0 Å². The number of thiophene rings is 1. The van der Waals surface area contributed by atoms with Crippen molar-refractivity contribution in [2.45, 2.75) is 11.8 Å². The van der Waals surface area contributed by atoms with Gasteiger partial charge < -0.3 is 14.6 Å². The van der Waals surface area contributed by atoms with E-state index in [4.69, 9.17) is 0 Å². The molecule has 11 heteroatoms. The number of hydrogen-bond donors (Lipinski definition) is 1. The number of nitrogens with one attached hydrogen (secondary N) is 1. The van der Waals surface area contributed by atoms with Gasteiger partial charge in [0.15, 0.2) is 11.0 Å². The molecule has 0 aliphatic carbocycles. The third-order valence-electron chi connectivity index (χ3n) is 3.33. The molecule has 0 aliphatic rings. The third-order valence-corrected chi connectivity index (χ3v) is 6.04. The molecule has 0 fully saturated rings. The van der Waals surface area contributed by atoms with Crippen LogP contribution in [0.5, 0.6) is 5.75 Å². The van der Waals surface area contributed by atoms with Crippen LogP contribution in [-0.4, -0.2) is 33.0 Å². The summed E-state index contributed by atoms with van der Waals surface area (Å²) in [7, 11) is 1.81. The largest absolute Gasteiger partial charge is 0.433 e. The smallest absolute Gasteiger partial charge is 0.387 e. The van der Waals surface area contributed by atoms with Gasteiger partial charge in [-0.3, -0.25) is 4.79 Å². The maximum atomic E-state index is 12.4. The minimum atomic E-state index is -2.97. The van der Waals surface area contributed by atoms with Crippen LogP contribution in [-0.2, 0) is 11.8 Å². The molecule has 142 valence electrons. The molecule has 0 bridgehead atoms. The number of carbonyl (C=O) groups excluding carboxylic acids is 1. The van der Waals surface area contributed by atoms with Crippen LogP contribution in [0.3, 0.4) is 0 Å². The molecular formula is C16H13BrF2N4O2S2. The molecule has 0 saturated heterocycles. The lowest BCUT2D eigenvalue weighted by Gasteiger charge is -2.11. The average molecular weight is 475 g/mol. The summed E-state index contributed by atoms with van der Waals surface area (Å²) in [6.07, 6.45) is 0. The van der Waals surface area contributed by atoms with Gasteiger partial charge in [0, 0.05) is 16.9 Å². The molecule has 0 saturated carbocycles. The number of thioether (sulfide) groups is 1. The van der Waals surface area contributed by atoms with Gasteiger partial charge in [-0.25, -0.2) is 0 Å². The van der Waals surface area contributed by atoms with E-state index < -0.39 is 6.61 Å². The molecule has 6 nitrogen and oxygen atoms in total. The first-order valence-corrected chi connectivity index (χ1v) is 10.2. The minimum absolute atomic E-state index is 0.0448. The van der Waals surface area contributed by atoms with E-state index in [1.54, 1.807) is 16.7 Å². The fourth-order valence-corrected chi connectivity index (χ4v) is 4.33. The zero-order valence-electron chi connectivity index (χ0n) is 13.9. The molecule has 3 rings (SSSR count). The van der Waals surface area contributed by atoms with Gasteiger partial charge in [-0.05, 0) is 34.1 Å². The van der Waals surface area contributed by atoms with Crippen molar-refractivity contribution in [2.24, 2.45) is 7.05 Å². The van der Waals surface area contributed by atoms with Crippen LogP contribution in [0.15, 0.2) is 45.3 Å². The number of para-hydroxylation sites is 2. The van der Waals surface area contributed by atoms with E-state index in [1.165, 1.54) is 35.2 Å². The second-order valence-electron chi connectivity index (χ2n) is 5.21. The van der Waals surface area contributed by atoms with Crippen LogP contribution < -0.4 is 10.1 Å². The Kier molecular flexibility index (Phi) is 6.45. The van der Waals surface area contributed by atoms with Gasteiger partial charge in [0.1, 0.15) is 5.75 Å². The Hall–Kier alpha value is -1.98. The van der Waals surface area contributed by atoms with Gasteiger partial charge in [0.25, 0.3) is 0 Å². The highest BCUT2D eigenvalue weighted by molar-refractivity contribution is 9.10. The molecule has 1 N–H and O–H groups in total. The second kappa shape index (κ2) is 8.81. The number of alkyl halides is 2. The summed E-state index contributed by atoms with van der Waals surface area (Å²) in [5, 5.41) is 13.3. The number of amides is 1. The molecule has 0 spiro atoms. The monoisotopic (exact) mass is 474 g/mol. The predicted molar refractivity (Wildman–Crippen MR) is 104 cm³/mol. The molecule has 0 unspecified atom stereocenters. The van der Waals surface area contributed by atoms with E-state index in [0.717, 1.165) is 9.35 Å². The Morgan fingerprint density at radius 3 is 2.89 bits per heavy atom. The molecule has 3 aromatic rings. The Bertz CT molecular complexity index is 948. The molecular weight excluding hydrogens is 462 g/mol. The molecule has 1 aromatic carbocycles. The van der Waals surface area contributed by atoms with Crippen LogP contribution in [0.25, 0.3) is 10.7 Å². The lowest BCUT2D eigenvalue weighted by molar-refractivity contribution is -0.113. The fourth-order valence-electron chi connectivity index (χ4n) is 2.17. The van der Waals surface area contributed by atoms with Crippen molar-refractivity contribution in [3.63, 3.8) is 0 Å². The number of rotatable bonds is 7. The SMILES string of the molecule is Cn1c(SCC(=O)Nc2ccccc2OC(F)F)nnc1-c1cc(Br)cs1. The van der Waals surface area contributed by atoms with E-state index in [-0.39, 0.29) is 23.1 Å². The maximum absolute atomic E-state index is 12.4. The van der Waals surface area contributed by atoms with Gasteiger partial charge in [-0.1, -0.05) is 23.9 Å².